The summed E-state index contributed by atoms with van der Waals surface area (Å²) in [7, 11) is 1.86. The van der Waals surface area contributed by atoms with Crippen molar-refractivity contribution in [3.8, 4) is 0 Å². The fourth-order valence-corrected chi connectivity index (χ4v) is 2.37. The second kappa shape index (κ2) is 10.0. The minimum absolute atomic E-state index is 0.114. The van der Waals surface area contributed by atoms with Crippen molar-refractivity contribution in [2.24, 2.45) is 0 Å². The largest absolute Gasteiger partial charge is 0.411 e. The van der Waals surface area contributed by atoms with Gasteiger partial charge in [-0.2, -0.15) is 13.2 Å². The average molecular weight is 325 g/mol. The highest BCUT2D eigenvalue weighted by atomic mass is 19.4. The lowest BCUT2D eigenvalue weighted by atomic mass is 10.2. The maximum absolute atomic E-state index is 11.9. The quantitative estimate of drug-likeness (QED) is 0.645. The van der Waals surface area contributed by atoms with E-state index in [1.807, 2.05) is 11.9 Å². The van der Waals surface area contributed by atoms with Crippen molar-refractivity contribution in [3.05, 3.63) is 0 Å². The Morgan fingerprint density at radius 1 is 1.18 bits per heavy atom. The number of halogens is 3. The van der Waals surface area contributed by atoms with Gasteiger partial charge in [0.15, 0.2) is 0 Å². The van der Waals surface area contributed by atoms with E-state index in [0.717, 1.165) is 26.1 Å². The molecule has 0 aromatic rings. The zero-order valence-corrected chi connectivity index (χ0v) is 13.1. The van der Waals surface area contributed by atoms with E-state index in [-0.39, 0.29) is 12.5 Å². The van der Waals surface area contributed by atoms with E-state index in [1.54, 1.807) is 0 Å². The molecule has 1 amide bonds. The van der Waals surface area contributed by atoms with Gasteiger partial charge in [-0.05, 0) is 26.4 Å². The lowest BCUT2D eigenvalue weighted by Gasteiger charge is -2.34. The maximum Gasteiger partial charge on any atom is 0.411 e. The number of amides is 1. The number of nitrogens with zero attached hydrogens (tertiary/aromatic N) is 2. The normalized spacial score (nSPS) is 17.0. The summed E-state index contributed by atoms with van der Waals surface area (Å²) in [6.07, 6.45) is -2.27. The number of carbonyl (C=O) groups excluding carboxylic acids is 1. The van der Waals surface area contributed by atoms with Crippen LogP contribution in [0, 0.1) is 0 Å². The van der Waals surface area contributed by atoms with Gasteiger partial charge in [0.1, 0.15) is 6.61 Å². The summed E-state index contributed by atoms with van der Waals surface area (Å²) in [6, 6.07) is 0. The van der Waals surface area contributed by atoms with Crippen molar-refractivity contribution in [3.63, 3.8) is 0 Å². The first-order chi connectivity index (χ1) is 10.4. The molecule has 130 valence electrons. The van der Waals surface area contributed by atoms with Gasteiger partial charge in [-0.15, -0.1) is 0 Å². The molecule has 0 spiro atoms. The van der Waals surface area contributed by atoms with Crippen LogP contribution in [0.4, 0.5) is 13.2 Å². The van der Waals surface area contributed by atoms with E-state index in [1.165, 1.54) is 0 Å². The smallest absolute Gasteiger partial charge is 0.372 e. The topological polar surface area (TPSA) is 44.8 Å². The summed E-state index contributed by atoms with van der Waals surface area (Å²) in [6.45, 7) is 3.42. The van der Waals surface area contributed by atoms with Gasteiger partial charge in [0.25, 0.3) is 0 Å². The number of carbonyl (C=O) groups is 1. The molecule has 0 radical (unpaired) electrons. The van der Waals surface area contributed by atoms with Crippen molar-refractivity contribution < 1.29 is 22.7 Å². The predicted molar refractivity (Wildman–Crippen MR) is 77.7 cm³/mol. The highest BCUT2D eigenvalue weighted by Crippen LogP contribution is 2.14. The number of ether oxygens (including phenoxy) is 1. The Balaban J connectivity index is 2.06. The van der Waals surface area contributed by atoms with Crippen LogP contribution in [0.1, 0.15) is 19.3 Å². The number of piperazine rings is 1. The van der Waals surface area contributed by atoms with E-state index < -0.39 is 12.8 Å². The Kier molecular flexibility index (Phi) is 8.74. The van der Waals surface area contributed by atoms with Gasteiger partial charge in [-0.25, -0.2) is 0 Å². The van der Waals surface area contributed by atoms with Gasteiger partial charge in [0.05, 0.1) is 0 Å². The number of hydrogen-bond acceptors (Lipinski definition) is 4. The number of rotatable bonds is 9. The van der Waals surface area contributed by atoms with Gasteiger partial charge in [-0.3, -0.25) is 9.69 Å². The first-order valence-corrected chi connectivity index (χ1v) is 7.71. The summed E-state index contributed by atoms with van der Waals surface area (Å²) in [5.74, 6) is 0.184. The first kappa shape index (κ1) is 19.2. The predicted octanol–water partition coefficient (Wildman–Crippen LogP) is 1.10. The standard InChI is InChI=1S/C14H26F3N3O2/c1-18-5-2-4-13(21)20-9-7-19(8-10-20)6-3-11-22-12-14(15,16)17/h18H,2-12H2,1H3. The van der Waals surface area contributed by atoms with Crippen molar-refractivity contribution in [2.75, 3.05) is 59.5 Å². The minimum Gasteiger partial charge on any atom is -0.372 e. The summed E-state index contributed by atoms with van der Waals surface area (Å²) in [5, 5.41) is 3.01. The van der Waals surface area contributed by atoms with E-state index in [9.17, 15) is 18.0 Å². The molecule has 1 fully saturated rings. The monoisotopic (exact) mass is 325 g/mol. The summed E-state index contributed by atoms with van der Waals surface area (Å²) in [5.41, 5.74) is 0. The molecule has 1 heterocycles. The summed E-state index contributed by atoms with van der Waals surface area (Å²) in [4.78, 5) is 16.0. The minimum atomic E-state index is -4.25. The molecule has 22 heavy (non-hydrogen) atoms. The molecule has 8 heteroatoms. The molecule has 0 unspecified atom stereocenters. The van der Waals surface area contributed by atoms with Crippen LogP contribution in [-0.4, -0.2) is 81.4 Å². The molecule has 1 aliphatic heterocycles. The lowest BCUT2D eigenvalue weighted by molar-refractivity contribution is -0.174. The SMILES string of the molecule is CNCCCC(=O)N1CCN(CCCOCC(F)(F)F)CC1. The van der Waals surface area contributed by atoms with Crippen molar-refractivity contribution in [1.29, 1.82) is 0 Å². The van der Waals surface area contributed by atoms with E-state index >= 15 is 0 Å². The molecule has 1 N–H and O–H groups in total. The second-order valence-electron chi connectivity index (χ2n) is 5.45. The van der Waals surface area contributed by atoms with Crippen molar-refractivity contribution in [2.45, 2.75) is 25.4 Å². The van der Waals surface area contributed by atoms with E-state index in [4.69, 9.17) is 0 Å². The fraction of sp³-hybridized carbons (Fsp3) is 0.929. The molecule has 0 aliphatic carbocycles. The second-order valence-corrected chi connectivity index (χ2v) is 5.45. The van der Waals surface area contributed by atoms with Crippen LogP contribution in [0.25, 0.3) is 0 Å². The molecule has 0 aromatic carbocycles. The van der Waals surface area contributed by atoms with Crippen molar-refractivity contribution >= 4 is 5.91 Å². The number of hydrogen-bond donors (Lipinski definition) is 1. The Morgan fingerprint density at radius 3 is 2.45 bits per heavy atom. The fourth-order valence-electron chi connectivity index (χ4n) is 2.37. The van der Waals surface area contributed by atoms with Gasteiger partial charge < -0.3 is 15.0 Å². The molecular weight excluding hydrogens is 299 g/mol. The Bertz CT molecular complexity index is 319. The zero-order chi connectivity index (χ0) is 16.4. The number of alkyl halides is 3. The molecule has 1 aliphatic rings. The van der Waals surface area contributed by atoms with Gasteiger partial charge in [0, 0.05) is 45.8 Å². The first-order valence-electron chi connectivity index (χ1n) is 7.71. The molecule has 0 aromatic heterocycles. The molecule has 5 nitrogen and oxygen atoms in total. The highest BCUT2D eigenvalue weighted by Gasteiger charge is 2.27. The van der Waals surface area contributed by atoms with Crippen LogP contribution in [-0.2, 0) is 9.53 Å². The van der Waals surface area contributed by atoms with Crippen LogP contribution in [0.3, 0.4) is 0 Å². The third-order valence-corrected chi connectivity index (χ3v) is 3.57. The van der Waals surface area contributed by atoms with Crippen molar-refractivity contribution in [1.82, 2.24) is 15.1 Å². The highest BCUT2D eigenvalue weighted by molar-refractivity contribution is 5.76. The van der Waals surface area contributed by atoms with Gasteiger partial charge >= 0.3 is 6.18 Å². The Morgan fingerprint density at radius 2 is 1.86 bits per heavy atom. The van der Waals surface area contributed by atoms with Crippen LogP contribution < -0.4 is 5.32 Å². The molecule has 0 bridgehead atoms. The molecule has 0 atom stereocenters. The Labute approximate surface area is 129 Å². The van der Waals surface area contributed by atoms with Crippen LogP contribution >= 0.6 is 0 Å². The van der Waals surface area contributed by atoms with Gasteiger partial charge in [0.2, 0.25) is 5.91 Å². The van der Waals surface area contributed by atoms with Crippen LogP contribution in [0.2, 0.25) is 0 Å². The van der Waals surface area contributed by atoms with E-state index in [0.29, 0.717) is 32.5 Å². The molecular formula is C14H26F3N3O2. The van der Waals surface area contributed by atoms with Crippen LogP contribution in [0.15, 0.2) is 0 Å². The molecule has 0 saturated carbocycles. The average Bonchev–Trinajstić information content (AvgIpc) is 2.46. The number of nitrogens with one attached hydrogen (secondary N) is 1. The van der Waals surface area contributed by atoms with E-state index in [2.05, 4.69) is 15.0 Å². The summed E-state index contributed by atoms with van der Waals surface area (Å²) >= 11 is 0. The summed E-state index contributed by atoms with van der Waals surface area (Å²) < 4.78 is 40.3. The zero-order valence-electron chi connectivity index (χ0n) is 13.1. The third kappa shape index (κ3) is 8.55. The molecule has 1 rings (SSSR count). The molecule has 1 saturated heterocycles. The van der Waals surface area contributed by atoms with Crippen LogP contribution in [0.5, 0.6) is 0 Å². The Hall–Kier alpha value is -0.860. The van der Waals surface area contributed by atoms with Gasteiger partial charge in [-0.1, -0.05) is 0 Å². The third-order valence-electron chi connectivity index (χ3n) is 3.57. The maximum atomic E-state index is 11.9. The lowest BCUT2D eigenvalue weighted by Crippen LogP contribution is -2.49.